The average Bonchev–Trinajstić information content (AvgIpc) is 2.94. The van der Waals surface area contributed by atoms with E-state index in [1.807, 2.05) is 10.6 Å². The summed E-state index contributed by atoms with van der Waals surface area (Å²) in [5.41, 5.74) is 20.4. The predicted molar refractivity (Wildman–Crippen MR) is 146 cm³/mol. The summed E-state index contributed by atoms with van der Waals surface area (Å²) in [4.78, 5) is 129. The van der Waals surface area contributed by atoms with Crippen LogP contribution in [0.1, 0.15) is 19.3 Å². The average molecular weight is 646 g/mol. The molecule has 45 heavy (non-hydrogen) atoms. The number of carboxylic acids is 1. The smallest absolute Gasteiger partial charge is 0.322 e. The number of primary amides is 3. The highest BCUT2D eigenvalue weighted by atomic mass is 16.4. The third-order valence-corrected chi connectivity index (χ3v) is 5.07. The van der Waals surface area contributed by atoms with E-state index >= 15 is 0 Å². The monoisotopic (exact) mass is 645 g/mol. The van der Waals surface area contributed by atoms with Gasteiger partial charge in [-0.15, -0.1) is 0 Å². The van der Waals surface area contributed by atoms with Gasteiger partial charge < -0.3 is 65.3 Å². The van der Waals surface area contributed by atoms with Crippen LogP contribution in [0.25, 0.3) is 0 Å². The molecule has 0 unspecified atom stereocenters. The van der Waals surface area contributed by atoms with E-state index in [0.29, 0.717) is 0 Å². The fraction of sp³-hybridized carbons (Fsp3) is 0.500. The molecule has 0 aliphatic rings. The van der Waals surface area contributed by atoms with Crippen molar-refractivity contribution in [2.75, 3.05) is 32.7 Å². The lowest BCUT2D eigenvalue weighted by Crippen LogP contribution is -2.57. The Hall–Kier alpha value is -5.87. The Kier molecular flexibility index (Phi) is 17.5. The minimum Gasteiger partial charge on any atom is -0.480 e. The van der Waals surface area contributed by atoms with Crippen molar-refractivity contribution in [2.24, 2.45) is 22.9 Å². The van der Waals surface area contributed by atoms with E-state index in [4.69, 9.17) is 28.0 Å². The summed E-state index contributed by atoms with van der Waals surface area (Å²) < 4.78 is 0. The molecule has 0 radical (unpaired) electrons. The molecular formula is C22H35N11O12. The van der Waals surface area contributed by atoms with E-state index in [0.717, 1.165) is 0 Å². The van der Waals surface area contributed by atoms with Crippen LogP contribution in [0, 0.1) is 0 Å². The summed E-state index contributed by atoms with van der Waals surface area (Å²) >= 11 is 0. The summed E-state index contributed by atoms with van der Waals surface area (Å²) in [5.74, 6) is -11.4. The van der Waals surface area contributed by atoms with Gasteiger partial charge in [-0.25, -0.2) is 0 Å². The van der Waals surface area contributed by atoms with E-state index in [1.54, 1.807) is 0 Å². The van der Waals surface area contributed by atoms with Gasteiger partial charge in [0.1, 0.15) is 24.7 Å². The molecule has 0 bridgehead atoms. The maximum Gasteiger partial charge on any atom is 0.322 e. The third-order valence-electron chi connectivity index (χ3n) is 5.07. The zero-order chi connectivity index (χ0) is 34.7. The van der Waals surface area contributed by atoms with Crippen molar-refractivity contribution in [3.05, 3.63) is 0 Å². The molecule has 0 aliphatic heterocycles. The molecule has 0 aromatic rings. The first-order valence-corrected chi connectivity index (χ1v) is 12.7. The van der Waals surface area contributed by atoms with Gasteiger partial charge >= 0.3 is 5.97 Å². The second-order valence-electron chi connectivity index (χ2n) is 8.90. The summed E-state index contributed by atoms with van der Waals surface area (Å²) in [5, 5.41) is 23.0. The van der Waals surface area contributed by atoms with Gasteiger partial charge in [0.25, 0.3) is 0 Å². The zero-order valence-electron chi connectivity index (χ0n) is 23.6. The lowest BCUT2D eigenvalue weighted by atomic mass is 10.1. The molecule has 3 atom stereocenters. The summed E-state index contributed by atoms with van der Waals surface area (Å²) in [6, 6.07) is -4.86. The highest BCUT2D eigenvalue weighted by Crippen LogP contribution is 1.98. The van der Waals surface area contributed by atoms with Gasteiger partial charge in [-0.05, 0) is 0 Å². The van der Waals surface area contributed by atoms with Crippen LogP contribution in [0.3, 0.4) is 0 Å². The second kappa shape index (κ2) is 20.1. The fourth-order valence-corrected chi connectivity index (χ4v) is 3.06. The molecule has 23 nitrogen and oxygen atoms in total. The van der Waals surface area contributed by atoms with Crippen molar-refractivity contribution in [1.29, 1.82) is 0 Å². The number of aliphatic carboxylic acids is 1. The third kappa shape index (κ3) is 18.3. The number of rotatable bonds is 21. The lowest BCUT2D eigenvalue weighted by molar-refractivity contribution is -0.138. The Balaban J connectivity index is 5.18. The molecule has 0 fully saturated rings. The Labute approximate surface area is 253 Å². The standard InChI is InChI=1S/C22H35N11O12/c23-4-15(37)31-9(1-12(24)34)20(43)29-5-16(38)27-7-18(40)32-11(3-14(26)36)22(45)33-10(2-13(25)35)21(44)30-6-17(39)28-8-19(41)42/h9-11H,1-8,23H2,(H2,24,34)(H2,25,35)(H2,26,36)(H,27,38)(H,28,39)(H,29,43)(H,30,44)(H,31,37)(H,32,40)(H,33,45)(H,41,42)/t9-,10-,11-/m0/s1. The second-order valence-corrected chi connectivity index (χ2v) is 8.90. The maximum absolute atomic E-state index is 12.8. The molecule has 0 rings (SSSR count). The predicted octanol–water partition coefficient (Wildman–Crippen LogP) is -9.42. The Morgan fingerprint density at radius 1 is 0.467 bits per heavy atom. The van der Waals surface area contributed by atoms with Gasteiger partial charge in [-0.3, -0.25) is 52.7 Å². The number of carbonyl (C=O) groups is 11. The molecule has 0 spiro atoms. The van der Waals surface area contributed by atoms with Gasteiger partial charge in [-0.1, -0.05) is 0 Å². The van der Waals surface area contributed by atoms with E-state index < -0.39 is 135 Å². The number of hydrogen-bond acceptors (Lipinski definition) is 12. The van der Waals surface area contributed by atoms with Crippen molar-refractivity contribution in [1.82, 2.24) is 37.2 Å². The van der Waals surface area contributed by atoms with Gasteiger partial charge in [0, 0.05) is 0 Å². The molecule has 0 aromatic heterocycles. The van der Waals surface area contributed by atoms with Crippen molar-refractivity contribution in [3.63, 3.8) is 0 Å². The Morgan fingerprint density at radius 2 is 0.822 bits per heavy atom. The molecule has 16 N–H and O–H groups in total. The highest BCUT2D eigenvalue weighted by molar-refractivity contribution is 5.98. The molecule has 0 aliphatic carbocycles. The summed E-state index contributed by atoms with van der Waals surface area (Å²) in [7, 11) is 0. The van der Waals surface area contributed by atoms with Crippen LogP contribution in [0.5, 0.6) is 0 Å². The van der Waals surface area contributed by atoms with Crippen LogP contribution in [0.15, 0.2) is 0 Å². The molecular weight excluding hydrogens is 610 g/mol. The molecule has 0 heterocycles. The van der Waals surface area contributed by atoms with E-state index in [9.17, 15) is 52.7 Å². The largest absolute Gasteiger partial charge is 0.480 e. The Morgan fingerprint density at radius 3 is 1.22 bits per heavy atom. The lowest BCUT2D eigenvalue weighted by Gasteiger charge is -2.22. The fourth-order valence-electron chi connectivity index (χ4n) is 3.06. The molecule has 0 saturated heterocycles. The van der Waals surface area contributed by atoms with Crippen molar-refractivity contribution >= 4 is 65.0 Å². The van der Waals surface area contributed by atoms with Crippen molar-refractivity contribution < 1.29 is 57.8 Å². The van der Waals surface area contributed by atoms with E-state index in [2.05, 4.69) is 26.6 Å². The molecule has 0 saturated carbocycles. The number of nitrogens with two attached hydrogens (primary N) is 4. The number of amides is 10. The van der Waals surface area contributed by atoms with E-state index in [-0.39, 0.29) is 0 Å². The minimum atomic E-state index is -1.73. The van der Waals surface area contributed by atoms with Crippen LogP contribution in [0.2, 0.25) is 0 Å². The molecule has 10 amide bonds. The number of carboxylic acid groups (broad SMARTS) is 1. The summed E-state index contributed by atoms with van der Waals surface area (Å²) in [6.07, 6.45) is -2.20. The number of nitrogens with one attached hydrogen (secondary N) is 7. The first kappa shape index (κ1) is 39.1. The molecule has 23 heteroatoms. The van der Waals surface area contributed by atoms with Gasteiger partial charge in [-0.2, -0.15) is 0 Å². The first-order valence-electron chi connectivity index (χ1n) is 12.7. The van der Waals surface area contributed by atoms with Crippen molar-refractivity contribution in [3.8, 4) is 0 Å². The summed E-state index contributed by atoms with van der Waals surface area (Å²) in [6.45, 7) is -3.52. The normalized spacial score (nSPS) is 12.1. The van der Waals surface area contributed by atoms with Crippen LogP contribution >= 0.6 is 0 Å². The van der Waals surface area contributed by atoms with Gasteiger partial charge in [0.05, 0.1) is 45.4 Å². The van der Waals surface area contributed by atoms with Gasteiger partial charge in [0.2, 0.25) is 59.1 Å². The molecule has 250 valence electrons. The molecule has 0 aromatic carbocycles. The van der Waals surface area contributed by atoms with E-state index in [1.165, 1.54) is 0 Å². The van der Waals surface area contributed by atoms with Crippen LogP contribution in [-0.2, 0) is 52.7 Å². The number of carbonyl (C=O) groups excluding carboxylic acids is 10. The highest BCUT2D eigenvalue weighted by Gasteiger charge is 2.29. The topological polar surface area (TPSA) is 396 Å². The minimum absolute atomic E-state index is 0.499. The van der Waals surface area contributed by atoms with Gasteiger partial charge in [0.15, 0.2) is 0 Å². The van der Waals surface area contributed by atoms with Crippen LogP contribution in [-0.4, -0.2) is 121 Å². The Bertz CT molecular complexity index is 1190. The van der Waals surface area contributed by atoms with Crippen LogP contribution in [0.4, 0.5) is 0 Å². The van der Waals surface area contributed by atoms with Crippen LogP contribution < -0.4 is 60.2 Å². The zero-order valence-corrected chi connectivity index (χ0v) is 23.6. The maximum atomic E-state index is 12.8. The first-order chi connectivity index (χ1) is 20.9. The SMILES string of the molecule is NCC(=O)N[C@@H](CC(N)=O)C(=O)NCC(=O)NCC(=O)N[C@@H](CC(N)=O)C(=O)N[C@@H](CC(N)=O)C(=O)NCC(=O)NCC(=O)O. The quantitative estimate of drug-likeness (QED) is 0.0552. The number of hydrogen-bond donors (Lipinski definition) is 12. The van der Waals surface area contributed by atoms with Crippen molar-refractivity contribution in [2.45, 2.75) is 37.4 Å².